The second kappa shape index (κ2) is 5.70. The SMILES string of the molecule is Cc1cc(CNC(=O)c2cc(Cl)ccc2[N+](=O)[O-])on1. The molecule has 1 N–H and O–H groups in total. The third kappa shape index (κ3) is 3.12. The lowest BCUT2D eigenvalue weighted by molar-refractivity contribution is -0.385. The number of nitro benzene ring substituents is 1. The van der Waals surface area contributed by atoms with E-state index in [0.29, 0.717) is 11.5 Å². The molecule has 0 saturated carbocycles. The predicted octanol–water partition coefficient (Wildman–Crippen LogP) is 2.47. The Bertz CT molecular complexity index is 668. The van der Waals surface area contributed by atoms with E-state index in [9.17, 15) is 14.9 Å². The number of amides is 1. The number of carbonyl (C=O) groups is 1. The summed E-state index contributed by atoms with van der Waals surface area (Å²) >= 11 is 5.75. The van der Waals surface area contributed by atoms with Gasteiger partial charge in [0.2, 0.25) is 0 Å². The molecule has 0 aliphatic rings. The van der Waals surface area contributed by atoms with Crippen molar-refractivity contribution >= 4 is 23.2 Å². The van der Waals surface area contributed by atoms with Gasteiger partial charge in [-0.3, -0.25) is 14.9 Å². The Morgan fingerprint density at radius 2 is 2.25 bits per heavy atom. The first-order chi connectivity index (χ1) is 9.47. The molecule has 8 heteroatoms. The third-order valence-corrected chi connectivity index (χ3v) is 2.73. The first kappa shape index (κ1) is 14.0. The standard InChI is InChI=1S/C12H10ClN3O4/c1-7-4-9(20-15-7)6-14-12(17)10-5-8(13)2-3-11(10)16(18)19/h2-5H,6H2,1H3,(H,14,17). The Labute approximate surface area is 118 Å². The van der Waals surface area contributed by atoms with Crippen LogP contribution in [0.5, 0.6) is 0 Å². The number of benzene rings is 1. The molecule has 7 nitrogen and oxygen atoms in total. The van der Waals surface area contributed by atoms with E-state index in [4.69, 9.17) is 16.1 Å². The van der Waals surface area contributed by atoms with E-state index in [-0.39, 0.29) is 22.8 Å². The molecule has 2 aromatic rings. The highest BCUT2D eigenvalue weighted by Gasteiger charge is 2.20. The van der Waals surface area contributed by atoms with Crippen LogP contribution in [0.1, 0.15) is 21.8 Å². The van der Waals surface area contributed by atoms with Crippen LogP contribution < -0.4 is 5.32 Å². The molecule has 2 rings (SSSR count). The summed E-state index contributed by atoms with van der Waals surface area (Å²) in [6.45, 7) is 1.83. The molecule has 0 bridgehead atoms. The number of aromatic nitrogens is 1. The Morgan fingerprint density at radius 1 is 1.50 bits per heavy atom. The van der Waals surface area contributed by atoms with Gasteiger partial charge < -0.3 is 9.84 Å². The molecular formula is C12H10ClN3O4. The molecule has 0 fully saturated rings. The number of nitrogens with zero attached hydrogens (tertiary/aromatic N) is 2. The third-order valence-electron chi connectivity index (χ3n) is 2.50. The minimum Gasteiger partial charge on any atom is -0.359 e. The van der Waals surface area contributed by atoms with Crippen LogP contribution in [0.25, 0.3) is 0 Å². The van der Waals surface area contributed by atoms with E-state index < -0.39 is 10.8 Å². The summed E-state index contributed by atoms with van der Waals surface area (Å²) in [6.07, 6.45) is 0. The Kier molecular flexibility index (Phi) is 3.99. The van der Waals surface area contributed by atoms with Crippen LogP contribution in [0.3, 0.4) is 0 Å². The van der Waals surface area contributed by atoms with E-state index in [2.05, 4.69) is 10.5 Å². The fourth-order valence-corrected chi connectivity index (χ4v) is 1.78. The van der Waals surface area contributed by atoms with Gasteiger partial charge in [-0.15, -0.1) is 0 Å². The van der Waals surface area contributed by atoms with Crippen LogP contribution in [0.2, 0.25) is 5.02 Å². The molecule has 0 spiro atoms. The second-order valence-corrected chi connectivity index (χ2v) is 4.47. The van der Waals surface area contributed by atoms with Crippen LogP contribution >= 0.6 is 11.6 Å². The van der Waals surface area contributed by atoms with Gasteiger partial charge in [-0.2, -0.15) is 0 Å². The number of nitro groups is 1. The van der Waals surface area contributed by atoms with Gasteiger partial charge >= 0.3 is 0 Å². The summed E-state index contributed by atoms with van der Waals surface area (Å²) in [5.41, 5.74) is 0.280. The van der Waals surface area contributed by atoms with Gasteiger partial charge in [-0.05, 0) is 19.1 Å². The summed E-state index contributed by atoms with van der Waals surface area (Å²) in [5.74, 6) is -0.145. The van der Waals surface area contributed by atoms with E-state index >= 15 is 0 Å². The first-order valence-electron chi connectivity index (χ1n) is 5.61. The van der Waals surface area contributed by atoms with Crippen LogP contribution in [0, 0.1) is 17.0 Å². The number of hydrogen-bond acceptors (Lipinski definition) is 5. The molecule has 104 valence electrons. The highest BCUT2D eigenvalue weighted by molar-refractivity contribution is 6.31. The summed E-state index contributed by atoms with van der Waals surface area (Å²) in [4.78, 5) is 22.2. The lowest BCUT2D eigenvalue weighted by Gasteiger charge is -2.04. The number of aryl methyl sites for hydroxylation is 1. The van der Waals surface area contributed by atoms with Gasteiger partial charge in [0.05, 0.1) is 17.2 Å². The van der Waals surface area contributed by atoms with Crippen molar-refractivity contribution in [2.24, 2.45) is 0 Å². The highest BCUT2D eigenvalue weighted by atomic mass is 35.5. The average Bonchev–Trinajstić information content (AvgIpc) is 2.81. The van der Waals surface area contributed by atoms with E-state index in [1.807, 2.05) is 0 Å². The average molecular weight is 296 g/mol. The molecular weight excluding hydrogens is 286 g/mol. The van der Waals surface area contributed by atoms with Gasteiger partial charge in [-0.1, -0.05) is 16.8 Å². The van der Waals surface area contributed by atoms with Gasteiger partial charge in [0, 0.05) is 17.2 Å². The maximum atomic E-state index is 12.0. The van der Waals surface area contributed by atoms with Gasteiger partial charge in [-0.25, -0.2) is 0 Å². The fourth-order valence-electron chi connectivity index (χ4n) is 1.61. The summed E-state index contributed by atoms with van der Waals surface area (Å²) in [5, 5.41) is 17.3. The summed E-state index contributed by atoms with van der Waals surface area (Å²) in [7, 11) is 0. The van der Waals surface area contributed by atoms with Crippen molar-refractivity contribution in [3.63, 3.8) is 0 Å². The zero-order valence-electron chi connectivity index (χ0n) is 10.4. The Hall–Kier alpha value is -2.41. The van der Waals surface area contributed by atoms with Crippen molar-refractivity contribution in [3.05, 3.63) is 56.4 Å². The van der Waals surface area contributed by atoms with E-state index in [0.717, 1.165) is 0 Å². The van der Waals surface area contributed by atoms with Crippen molar-refractivity contribution < 1.29 is 14.2 Å². The van der Waals surface area contributed by atoms with E-state index in [1.54, 1.807) is 13.0 Å². The monoisotopic (exact) mass is 295 g/mol. The zero-order chi connectivity index (χ0) is 14.7. The number of halogens is 1. The maximum Gasteiger partial charge on any atom is 0.282 e. The molecule has 0 aliphatic carbocycles. The number of nitrogens with one attached hydrogen (secondary N) is 1. The molecule has 0 aliphatic heterocycles. The van der Waals surface area contributed by atoms with Crippen LogP contribution in [0.4, 0.5) is 5.69 Å². The van der Waals surface area contributed by atoms with Crippen LogP contribution in [0.15, 0.2) is 28.8 Å². The van der Waals surface area contributed by atoms with Gasteiger partial charge in [0.25, 0.3) is 11.6 Å². The van der Waals surface area contributed by atoms with Crippen molar-refractivity contribution in [1.82, 2.24) is 10.5 Å². The molecule has 0 radical (unpaired) electrons. The largest absolute Gasteiger partial charge is 0.359 e. The number of carbonyl (C=O) groups excluding carboxylic acids is 1. The summed E-state index contributed by atoms with van der Waals surface area (Å²) < 4.78 is 4.93. The minimum absolute atomic E-state index is 0.0866. The van der Waals surface area contributed by atoms with E-state index in [1.165, 1.54) is 18.2 Å². The first-order valence-corrected chi connectivity index (χ1v) is 5.99. The number of rotatable bonds is 4. The van der Waals surface area contributed by atoms with Crippen molar-refractivity contribution in [3.8, 4) is 0 Å². The topological polar surface area (TPSA) is 98.3 Å². The zero-order valence-corrected chi connectivity index (χ0v) is 11.2. The molecule has 1 aromatic heterocycles. The summed E-state index contributed by atoms with van der Waals surface area (Å²) in [6, 6.07) is 5.46. The lowest BCUT2D eigenvalue weighted by atomic mass is 10.1. The lowest BCUT2D eigenvalue weighted by Crippen LogP contribution is -2.23. The molecule has 0 atom stereocenters. The fraction of sp³-hybridized carbons (Fsp3) is 0.167. The normalized spacial score (nSPS) is 10.3. The quantitative estimate of drug-likeness (QED) is 0.690. The smallest absolute Gasteiger partial charge is 0.282 e. The Balaban J connectivity index is 2.16. The van der Waals surface area contributed by atoms with Crippen molar-refractivity contribution in [2.45, 2.75) is 13.5 Å². The molecule has 0 saturated heterocycles. The van der Waals surface area contributed by atoms with Crippen LogP contribution in [-0.4, -0.2) is 16.0 Å². The molecule has 20 heavy (non-hydrogen) atoms. The van der Waals surface area contributed by atoms with Crippen molar-refractivity contribution in [1.29, 1.82) is 0 Å². The predicted molar refractivity (Wildman–Crippen MR) is 70.5 cm³/mol. The second-order valence-electron chi connectivity index (χ2n) is 4.04. The Morgan fingerprint density at radius 3 is 2.85 bits per heavy atom. The van der Waals surface area contributed by atoms with Gasteiger partial charge in [0.15, 0.2) is 5.76 Å². The van der Waals surface area contributed by atoms with Crippen LogP contribution in [-0.2, 0) is 6.54 Å². The van der Waals surface area contributed by atoms with Crippen molar-refractivity contribution in [2.75, 3.05) is 0 Å². The maximum absolute atomic E-state index is 12.0. The number of hydrogen-bond donors (Lipinski definition) is 1. The van der Waals surface area contributed by atoms with Gasteiger partial charge in [0.1, 0.15) is 5.56 Å². The highest BCUT2D eigenvalue weighted by Crippen LogP contribution is 2.22. The molecule has 1 amide bonds. The molecule has 1 aromatic carbocycles. The minimum atomic E-state index is -0.635. The molecule has 1 heterocycles. The molecule has 0 unspecified atom stereocenters.